The largest absolute Gasteiger partial charge is 0.345 e. The SMILES string of the molecule is CC(C)C[C@H](N)C(=O)NC1CCCN(S(=O)(=O)c2ccc(F)cc2)CC1=O. The highest BCUT2D eigenvalue weighted by Crippen LogP contribution is 2.20. The van der Waals surface area contributed by atoms with E-state index in [1.807, 2.05) is 13.8 Å². The number of Topliss-reactive ketones (excluding diaryl/α,β-unsaturated/α-hetero) is 1. The zero-order valence-corrected chi connectivity index (χ0v) is 16.3. The van der Waals surface area contributed by atoms with Crippen molar-refractivity contribution in [2.75, 3.05) is 13.1 Å². The van der Waals surface area contributed by atoms with E-state index in [-0.39, 0.29) is 29.7 Å². The molecule has 1 amide bonds. The molecule has 1 saturated heterocycles. The van der Waals surface area contributed by atoms with Crippen LogP contribution in [0.3, 0.4) is 0 Å². The maximum absolute atomic E-state index is 13.0. The molecule has 3 N–H and O–H groups in total. The van der Waals surface area contributed by atoms with Crippen LogP contribution in [0, 0.1) is 11.7 Å². The molecule has 0 spiro atoms. The van der Waals surface area contributed by atoms with Gasteiger partial charge in [-0.1, -0.05) is 13.8 Å². The first-order valence-electron chi connectivity index (χ1n) is 8.95. The highest BCUT2D eigenvalue weighted by atomic mass is 32.2. The number of sulfonamides is 1. The van der Waals surface area contributed by atoms with Gasteiger partial charge in [0.1, 0.15) is 5.82 Å². The summed E-state index contributed by atoms with van der Waals surface area (Å²) >= 11 is 0. The number of hydrogen-bond donors (Lipinski definition) is 2. The average molecular weight is 399 g/mol. The second-order valence-corrected chi connectivity index (χ2v) is 9.14. The summed E-state index contributed by atoms with van der Waals surface area (Å²) < 4.78 is 39.5. The molecule has 1 aliphatic heterocycles. The number of nitrogens with two attached hydrogens (primary N) is 1. The van der Waals surface area contributed by atoms with Crippen molar-refractivity contribution in [2.24, 2.45) is 11.7 Å². The van der Waals surface area contributed by atoms with Crippen molar-refractivity contribution in [3.63, 3.8) is 0 Å². The van der Waals surface area contributed by atoms with Crippen LogP contribution in [0.2, 0.25) is 0 Å². The fraction of sp³-hybridized carbons (Fsp3) is 0.556. The van der Waals surface area contributed by atoms with Crippen LogP contribution in [-0.4, -0.2) is 49.6 Å². The summed E-state index contributed by atoms with van der Waals surface area (Å²) in [5.41, 5.74) is 5.84. The monoisotopic (exact) mass is 399 g/mol. The Morgan fingerprint density at radius 2 is 1.96 bits per heavy atom. The van der Waals surface area contributed by atoms with Crippen LogP contribution in [0.1, 0.15) is 33.1 Å². The molecular formula is C18H26FN3O4S. The van der Waals surface area contributed by atoms with Crippen molar-refractivity contribution < 1.29 is 22.4 Å². The summed E-state index contributed by atoms with van der Waals surface area (Å²) in [5.74, 6) is -1.09. The number of ketones is 1. The van der Waals surface area contributed by atoms with Gasteiger partial charge in [0.05, 0.1) is 23.5 Å². The minimum atomic E-state index is -3.91. The summed E-state index contributed by atoms with van der Waals surface area (Å²) in [4.78, 5) is 24.6. The van der Waals surface area contributed by atoms with Crippen LogP contribution in [0.4, 0.5) is 4.39 Å². The van der Waals surface area contributed by atoms with E-state index >= 15 is 0 Å². The Bertz CT molecular complexity index is 780. The molecular weight excluding hydrogens is 373 g/mol. The molecule has 2 atom stereocenters. The number of rotatable bonds is 6. The van der Waals surface area contributed by atoms with E-state index in [2.05, 4.69) is 5.32 Å². The van der Waals surface area contributed by atoms with Crippen molar-refractivity contribution in [1.82, 2.24) is 9.62 Å². The summed E-state index contributed by atoms with van der Waals surface area (Å²) in [6, 6.07) is 3.00. The Morgan fingerprint density at radius 1 is 1.33 bits per heavy atom. The molecule has 7 nitrogen and oxygen atoms in total. The lowest BCUT2D eigenvalue weighted by atomic mass is 10.0. The molecule has 1 aromatic rings. The van der Waals surface area contributed by atoms with Gasteiger partial charge in [0.25, 0.3) is 0 Å². The number of hydrogen-bond acceptors (Lipinski definition) is 5. The van der Waals surface area contributed by atoms with E-state index in [4.69, 9.17) is 5.73 Å². The first kappa shape index (κ1) is 21.5. The second-order valence-electron chi connectivity index (χ2n) is 7.20. The van der Waals surface area contributed by atoms with E-state index in [9.17, 15) is 22.4 Å². The van der Waals surface area contributed by atoms with Crippen molar-refractivity contribution in [2.45, 2.75) is 50.1 Å². The molecule has 1 aliphatic rings. The van der Waals surface area contributed by atoms with E-state index in [1.165, 1.54) is 12.1 Å². The summed E-state index contributed by atoms with van der Waals surface area (Å²) in [6.45, 7) is 3.70. The molecule has 0 radical (unpaired) electrons. The quantitative estimate of drug-likeness (QED) is 0.743. The van der Waals surface area contributed by atoms with Crippen LogP contribution >= 0.6 is 0 Å². The molecule has 0 aromatic heterocycles. The molecule has 1 heterocycles. The summed E-state index contributed by atoms with van der Waals surface area (Å²) in [5, 5.41) is 2.65. The Labute approximate surface area is 159 Å². The molecule has 27 heavy (non-hydrogen) atoms. The van der Waals surface area contributed by atoms with Gasteiger partial charge in [-0.05, 0) is 49.4 Å². The summed E-state index contributed by atoms with van der Waals surface area (Å²) in [7, 11) is -3.91. The van der Waals surface area contributed by atoms with Crippen LogP contribution in [0.15, 0.2) is 29.2 Å². The third kappa shape index (κ3) is 5.57. The fourth-order valence-corrected chi connectivity index (χ4v) is 4.45. The van der Waals surface area contributed by atoms with Crippen LogP contribution < -0.4 is 11.1 Å². The molecule has 0 aliphatic carbocycles. The third-order valence-corrected chi connectivity index (χ3v) is 6.31. The van der Waals surface area contributed by atoms with Gasteiger partial charge in [0.2, 0.25) is 15.9 Å². The summed E-state index contributed by atoms with van der Waals surface area (Å²) in [6.07, 6.45) is 1.25. The lowest BCUT2D eigenvalue weighted by Crippen LogP contribution is -2.50. The Hall–Kier alpha value is -1.84. The van der Waals surface area contributed by atoms with Crippen molar-refractivity contribution >= 4 is 21.7 Å². The van der Waals surface area contributed by atoms with Crippen LogP contribution in [0.25, 0.3) is 0 Å². The van der Waals surface area contributed by atoms with Crippen molar-refractivity contribution in [3.05, 3.63) is 30.1 Å². The number of halogens is 1. The first-order chi connectivity index (χ1) is 12.6. The van der Waals surface area contributed by atoms with E-state index < -0.39 is 33.8 Å². The Kier molecular flexibility index (Phi) is 7.07. The van der Waals surface area contributed by atoms with Crippen LogP contribution in [0.5, 0.6) is 0 Å². The molecule has 1 unspecified atom stereocenters. The standard InChI is InChI=1S/C18H26FN3O4S/c1-12(2)10-15(20)18(24)21-16-4-3-9-22(11-17(16)23)27(25,26)14-7-5-13(19)6-8-14/h5-8,12,15-16H,3-4,9-11,20H2,1-2H3,(H,21,24)/t15-,16?/m0/s1. The van der Waals surface area contributed by atoms with Gasteiger partial charge in [0.15, 0.2) is 5.78 Å². The smallest absolute Gasteiger partial charge is 0.243 e. The average Bonchev–Trinajstić information content (AvgIpc) is 2.77. The van der Waals surface area contributed by atoms with Gasteiger partial charge in [-0.25, -0.2) is 12.8 Å². The molecule has 0 saturated carbocycles. The van der Waals surface area contributed by atoms with Gasteiger partial charge in [-0.2, -0.15) is 4.31 Å². The number of nitrogens with zero attached hydrogens (tertiary/aromatic N) is 1. The van der Waals surface area contributed by atoms with Gasteiger partial charge in [-0.15, -0.1) is 0 Å². The van der Waals surface area contributed by atoms with Crippen molar-refractivity contribution in [3.8, 4) is 0 Å². The minimum absolute atomic E-state index is 0.0712. The van der Waals surface area contributed by atoms with E-state index in [0.29, 0.717) is 19.3 Å². The normalized spacial score (nSPS) is 20.3. The van der Waals surface area contributed by atoms with Gasteiger partial charge >= 0.3 is 0 Å². The number of carbonyl (C=O) groups is 2. The third-order valence-electron chi connectivity index (χ3n) is 4.45. The highest BCUT2D eigenvalue weighted by Gasteiger charge is 2.33. The molecule has 2 rings (SSSR count). The maximum Gasteiger partial charge on any atom is 0.243 e. The molecule has 0 bridgehead atoms. The Morgan fingerprint density at radius 3 is 2.56 bits per heavy atom. The molecule has 150 valence electrons. The molecule has 9 heteroatoms. The van der Waals surface area contributed by atoms with Crippen LogP contribution in [-0.2, 0) is 19.6 Å². The second kappa shape index (κ2) is 8.90. The number of amides is 1. The van der Waals surface area contributed by atoms with Crippen molar-refractivity contribution in [1.29, 1.82) is 0 Å². The van der Waals surface area contributed by atoms with Gasteiger partial charge in [-0.3, -0.25) is 9.59 Å². The van der Waals surface area contributed by atoms with Gasteiger partial charge in [0, 0.05) is 6.54 Å². The fourth-order valence-electron chi connectivity index (χ4n) is 3.00. The molecule has 1 fully saturated rings. The lowest BCUT2D eigenvalue weighted by molar-refractivity contribution is -0.128. The lowest BCUT2D eigenvalue weighted by Gasteiger charge is -2.21. The topological polar surface area (TPSA) is 110 Å². The first-order valence-corrected chi connectivity index (χ1v) is 10.4. The van der Waals surface area contributed by atoms with E-state index in [0.717, 1.165) is 16.4 Å². The Balaban J connectivity index is 2.07. The predicted molar refractivity (Wildman–Crippen MR) is 98.8 cm³/mol. The van der Waals surface area contributed by atoms with Gasteiger partial charge < -0.3 is 11.1 Å². The molecule has 1 aromatic carbocycles. The maximum atomic E-state index is 13.0. The highest BCUT2D eigenvalue weighted by molar-refractivity contribution is 7.89. The number of carbonyl (C=O) groups excluding carboxylic acids is 2. The van der Waals surface area contributed by atoms with E-state index in [1.54, 1.807) is 0 Å². The number of benzene rings is 1. The zero-order chi connectivity index (χ0) is 20.2. The zero-order valence-electron chi connectivity index (χ0n) is 15.5. The predicted octanol–water partition coefficient (Wildman–Crippen LogP) is 1.04. The minimum Gasteiger partial charge on any atom is -0.345 e. The number of nitrogens with one attached hydrogen (secondary N) is 1.